The smallest absolute Gasteiger partial charge is 0.339 e. The third-order valence-corrected chi connectivity index (χ3v) is 5.40. The molecular weight excluding hydrogens is 444 g/mol. The van der Waals surface area contributed by atoms with Crippen LogP contribution in [0.2, 0.25) is 0 Å². The summed E-state index contributed by atoms with van der Waals surface area (Å²) in [6.07, 6.45) is 0. The van der Waals surface area contributed by atoms with Gasteiger partial charge in [0, 0.05) is 23.5 Å². The summed E-state index contributed by atoms with van der Waals surface area (Å²) in [7, 11) is 3.35. The fraction of sp³-hybridized carbons (Fsp3) is 0.250. The van der Waals surface area contributed by atoms with Crippen LogP contribution in [0.25, 0.3) is 0 Å². The molecule has 0 saturated heterocycles. The van der Waals surface area contributed by atoms with Crippen molar-refractivity contribution in [2.75, 3.05) is 31.8 Å². The number of halogens is 1. The predicted octanol–water partition coefficient (Wildman–Crippen LogP) is 3.73. The van der Waals surface area contributed by atoms with Crippen LogP contribution < -0.4 is 5.32 Å². The SMILES string of the molecule is Cc1ccc(NC(=O)COC(=O)c2ccccc2SCC(=O)N(C)C)c(Br)c1. The van der Waals surface area contributed by atoms with E-state index in [0.717, 1.165) is 10.0 Å². The van der Waals surface area contributed by atoms with Crippen molar-refractivity contribution in [2.24, 2.45) is 0 Å². The molecule has 0 aromatic heterocycles. The van der Waals surface area contributed by atoms with Gasteiger partial charge in [0.15, 0.2) is 6.61 Å². The van der Waals surface area contributed by atoms with E-state index in [4.69, 9.17) is 4.74 Å². The highest BCUT2D eigenvalue weighted by Gasteiger charge is 2.16. The molecule has 28 heavy (non-hydrogen) atoms. The lowest BCUT2D eigenvalue weighted by Gasteiger charge is -2.12. The van der Waals surface area contributed by atoms with Gasteiger partial charge in [-0.05, 0) is 52.7 Å². The molecule has 2 aromatic carbocycles. The molecular formula is C20H21BrN2O4S. The van der Waals surface area contributed by atoms with Crippen LogP contribution in [0, 0.1) is 6.92 Å². The second-order valence-corrected chi connectivity index (χ2v) is 8.05. The van der Waals surface area contributed by atoms with Crippen LogP contribution >= 0.6 is 27.7 Å². The Hall–Kier alpha value is -2.32. The van der Waals surface area contributed by atoms with Crippen molar-refractivity contribution in [2.45, 2.75) is 11.8 Å². The van der Waals surface area contributed by atoms with Gasteiger partial charge in [-0.3, -0.25) is 9.59 Å². The highest BCUT2D eigenvalue weighted by Crippen LogP contribution is 2.24. The Morgan fingerprint density at radius 1 is 1.14 bits per heavy atom. The summed E-state index contributed by atoms with van der Waals surface area (Å²) >= 11 is 4.64. The predicted molar refractivity (Wildman–Crippen MR) is 114 cm³/mol. The Morgan fingerprint density at radius 2 is 1.86 bits per heavy atom. The molecule has 0 aliphatic rings. The molecule has 148 valence electrons. The standard InChI is InChI=1S/C20H21BrN2O4S/c1-13-8-9-16(15(21)10-13)22-18(24)11-27-20(26)14-6-4-5-7-17(14)28-12-19(25)23(2)3/h4-10H,11-12H2,1-3H3,(H,22,24). The van der Waals surface area contributed by atoms with Crippen LogP contribution in [0.1, 0.15) is 15.9 Å². The van der Waals surface area contributed by atoms with E-state index in [9.17, 15) is 14.4 Å². The number of nitrogens with one attached hydrogen (secondary N) is 1. The highest BCUT2D eigenvalue weighted by molar-refractivity contribution is 9.10. The maximum Gasteiger partial charge on any atom is 0.339 e. The van der Waals surface area contributed by atoms with Gasteiger partial charge in [-0.15, -0.1) is 11.8 Å². The number of rotatable bonds is 7. The molecule has 6 nitrogen and oxygen atoms in total. The Kier molecular flexibility index (Phi) is 8.07. The van der Waals surface area contributed by atoms with E-state index in [1.807, 2.05) is 19.1 Å². The van der Waals surface area contributed by atoms with E-state index >= 15 is 0 Å². The van der Waals surface area contributed by atoms with Crippen molar-refractivity contribution in [1.82, 2.24) is 4.90 Å². The van der Waals surface area contributed by atoms with Crippen LogP contribution in [-0.2, 0) is 14.3 Å². The number of hydrogen-bond acceptors (Lipinski definition) is 5. The average molecular weight is 465 g/mol. The van der Waals surface area contributed by atoms with Crippen molar-refractivity contribution in [3.05, 3.63) is 58.1 Å². The fourth-order valence-corrected chi connectivity index (χ4v) is 3.76. The van der Waals surface area contributed by atoms with Crippen molar-refractivity contribution < 1.29 is 19.1 Å². The van der Waals surface area contributed by atoms with Crippen LogP contribution in [-0.4, -0.2) is 49.1 Å². The number of nitrogens with zero attached hydrogens (tertiary/aromatic N) is 1. The largest absolute Gasteiger partial charge is 0.452 e. The van der Waals surface area contributed by atoms with E-state index in [1.165, 1.54) is 16.7 Å². The zero-order valence-electron chi connectivity index (χ0n) is 15.8. The number of ether oxygens (including phenoxy) is 1. The van der Waals surface area contributed by atoms with Crippen LogP contribution in [0.15, 0.2) is 51.8 Å². The van der Waals surface area contributed by atoms with Crippen molar-refractivity contribution >= 4 is 51.2 Å². The Bertz CT molecular complexity index is 886. The van der Waals surface area contributed by atoms with E-state index < -0.39 is 18.5 Å². The van der Waals surface area contributed by atoms with E-state index in [0.29, 0.717) is 16.1 Å². The number of carbonyl (C=O) groups is 3. The summed E-state index contributed by atoms with van der Waals surface area (Å²) in [6.45, 7) is 1.54. The van der Waals surface area contributed by atoms with Gasteiger partial charge in [0.25, 0.3) is 5.91 Å². The first-order valence-corrected chi connectivity index (χ1v) is 10.2. The second kappa shape index (κ2) is 10.3. The number of carbonyl (C=O) groups excluding carboxylic acids is 3. The number of thioether (sulfide) groups is 1. The van der Waals surface area contributed by atoms with Crippen molar-refractivity contribution in [3.63, 3.8) is 0 Å². The van der Waals surface area contributed by atoms with Gasteiger partial charge >= 0.3 is 5.97 Å². The fourth-order valence-electron chi connectivity index (χ4n) is 2.15. The van der Waals surface area contributed by atoms with Crippen LogP contribution in [0.3, 0.4) is 0 Å². The van der Waals surface area contributed by atoms with Crippen molar-refractivity contribution in [1.29, 1.82) is 0 Å². The molecule has 0 bridgehead atoms. The molecule has 0 heterocycles. The van der Waals surface area contributed by atoms with Crippen molar-refractivity contribution in [3.8, 4) is 0 Å². The molecule has 0 aliphatic carbocycles. The van der Waals surface area contributed by atoms with Gasteiger partial charge < -0.3 is 15.0 Å². The first kappa shape index (κ1) is 22.0. The summed E-state index contributed by atoms with van der Waals surface area (Å²) in [6, 6.07) is 12.4. The molecule has 0 unspecified atom stereocenters. The molecule has 2 rings (SSSR count). The van der Waals surface area contributed by atoms with E-state index in [1.54, 1.807) is 44.4 Å². The molecule has 0 atom stereocenters. The van der Waals surface area contributed by atoms with Gasteiger partial charge in [-0.25, -0.2) is 4.79 Å². The van der Waals surface area contributed by atoms with Gasteiger partial charge in [0.05, 0.1) is 17.0 Å². The minimum Gasteiger partial charge on any atom is -0.452 e. The van der Waals surface area contributed by atoms with Gasteiger partial charge in [0.1, 0.15) is 0 Å². The quantitative estimate of drug-likeness (QED) is 0.498. The lowest BCUT2D eigenvalue weighted by Crippen LogP contribution is -2.23. The Morgan fingerprint density at radius 3 is 2.54 bits per heavy atom. The number of benzene rings is 2. The molecule has 0 spiro atoms. The monoisotopic (exact) mass is 464 g/mol. The molecule has 1 N–H and O–H groups in total. The van der Waals surface area contributed by atoms with Gasteiger partial charge in [-0.1, -0.05) is 18.2 Å². The topological polar surface area (TPSA) is 75.7 Å². The van der Waals surface area contributed by atoms with E-state index in [2.05, 4.69) is 21.2 Å². The number of esters is 1. The van der Waals surface area contributed by atoms with Crippen LogP contribution in [0.4, 0.5) is 5.69 Å². The maximum atomic E-state index is 12.4. The van der Waals surface area contributed by atoms with E-state index in [-0.39, 0.29) is 11.7 Å². The molecule has 2 aromatic rings. The lowest BCUT2D eigenvalue weighted by molar-refractivity contribution is -0.125. The summed E-state index contributed by atoms with van der Waals surface area (Å²) in [5, 5.41) is 2.69. The average Bonchev–Trinajstić information content (AvgIpc) is 2.66. The highest BCUT2D eigenvalue weighted by atomic mass is 79.9. The minimum absolute atomic E-state index is 0.0591. The summed E-state index contributed by atoms with van der Waals surface area (Å²) in [5.41, 5.74) is 1.98. The van der Waals surface area contributed by atoms with Crippen LogP contribution in [0.5, 0.6) is 0 Å². The molecule has 0 saturated carbocycles. The van der Waals surface area contributed by atoms with Gasteiger partial charge in [0.2, 0.25) is 5.91 Å². The Balaban J connectivity index is 1.95. The molecule has 8 heteroatoms. The third kappa shape index (κ3) is 6.38. The maximum absolute atomic E-state index is 12.4. The normalized spacial score (nSPS) is 10.3. The first-order chi connectivity index (χ1) is 13.3. The summed E-state index contributed by atoms with van der Waals surface area (Å²) < 4.78 is 5.90. The number of anilines is 1. The molecule has 0 aliphatic heterocycles. The Labute approximate surface area is 176 Å². The molecule has 2 amide bonds. The zero-order chi connectivity index (χ0) is 20.7. The summed E-state index contributed by atoms with van der Waals surface area (Å²) in [4.78, 5) is 38.4. The second-order valence-electron chi connectivity index (χ2n) is 6.18. The number of hydrogen-bond donors (Lipinski definition) is 1. The molecule has 0 radical (unpaired) electrons. The first-order valence-electron chi connectivity index (χ1n) is 8.43. The van der Waals surface area contributed by atoms with Gasteiger partial charge in [-0.2, -0.15) is 0 Å². The summed E-state index contributed by atoms with van der Waals surface area (Å²) in [5.74, 6) is -0.903. The number of amides is 2. The zero-order valence-corrected chi connectivity index (χ0v) is 18.2. The lowest BCUT2D eigenvalue weighted by atomic mass is 10.2. The number of aryl methyl sites for hydroxylation is 1. The third-order valence-electron chi connectivity index (χ3n) is 3.69. The minimum atomic E-state index is -0.612. The molecule has 0 fully saturated rings.